The number of halogens is 1. The molecule has 1 aliphatic rings. The number of amides is 1. The van der Waals surface area contributed by atoms with Gasteiger partial charge in [0.2, 0.25) is 0 Å². The number of nitrogens with one attached hydrogen (secondary N) is 1. The summed E-state index contributed by atoms with van der Waals surface area (Å²) in [5, 5.41) is 0. The number of likely N-dealkylation sites (tertiary alicyclic amines) is 1. The lowest BCUT2D eigenvalue weighted by Crippen LogP contribution is -2.35. The molecule has 1 N–H and O–H groups in total. The van der Waals surface area contributed by atoms with Gasteiger partial charge in [0.1, 0.15) is 5.75 Å². The summed E-state index contributed by atoms with van der Waals surface area (Å²) in [5.74, 6) is 0.162. The van der Waals surface area contributed by atoms with Gasteiger partial charge in [-0.05, 0) is 65.5 Å². The van der Waals surface area contributed by atoms with Gasteiger partial charge in [0.05, 0.1) is 23.3 Å². The van der Waals surface area contributed by atoms with Gasteiger partial charge in [-0.2, -0.15) is 0 Å². The van der Waals surface area contributed by atoms with E-state index in [1.54, 1.807) is 29.2 Å². The van der Waals surface area contributed by atoms with E-state index >= 15 is 0 Å². The highest BCUT2D eigenvalue weighted by Gasteiger charge is 2.24. The lowest BCUT2D eigenvalue weighted by atomic mass is 10.1. The summed E-state index contributed by atoms with van der Waals surface area (Å²) in [6, 6.07) is 11.3. The molecule has 1 amide bonds. The molecule has 1 heterocycles. The zero-order valence-corrected chi connectivity index (χ0v) is 17.3. The molecule has 0 radical (unpaired) electrons. The maximum absolute atomic E-state index is 12.9. The van der Waals surface area contributed by atoms with Gasteiger partial charge < -0.3 is 9.64 Å². The molecule has 6 nitrogen and oxygen atoms in total. The minimum absolute atomic E-state index is 0.0133. The molecule has 1 saturated heterocycles. The molecular weight excluding hydrogens is 432 g/mol. The SMILES string of the molecule is COc1ccc(S(=O)(=O)Nc2ccccc2Br)cc1C(=O)N1CCCCC1. The normalized spacial score (nSPS) is 14.7. The number of carbonyl (C=O) groups is 1. The fourth-order valence-electron chi connectivity index (χ4n) is 3.04. The quantitative estimate of drug-likeness (QED) is 0.746. The minimum atomic E-state index is -3.85. The molecule has 1 aliphatic heterocycles. The summed E-state index contributed by atoms with van der Waals surface area (Å²) < 4.78 is 34.1. The molecule has 0 bridgehead atoms. The molecule has 0 aliphatic carbocycles. The van der Waals surface area contributed by atoms with E-state index < -0.39 is 10.0 Å². The molecule has 2 aromatic rings. The Kier molecular flexibility index (Phi) is 6.06. The predicted molar refractivity (Wildman–Crippen MR) is 108 cm³/mol. The number of methoxy groups -OCH3 is 1. The first kappa shape index (κ1) is 19.7. The van der Waals surface area contributed by atoms with E-state index in [4.69, 9.17) is 4.74 Å². The summed E-state index contributed by atoms with van der Waals surface area (Å²) in [4.78, 5) is 14.7. The van der Waals surface area contributed by atoms with Crippen LogP contribution in [0.4, 0.5) is 5.69 Å². The van der Waals surface area contributed by atoms with E-state index in [2.05, 4.69) is 20.7 Å². The number of sulfonamides is 1. The standard InChI is InChI=1S/C19H21BrN2O4S/c1-26-18-10-9-14(13-15(18)19(23)22-11-5-2-6-12-22)27(24,25)21-17-8-4-3-7-16(17)20/h3-4,7-10,13,21H,2,5-6,11-12H2,1H3. The van der Waals surface area contributed by atoms with Crippen LogP contribution >= 0.6 is 15.9 Å². The third-order valence-electron chi connectivity index (χ3n) is 4.47. The largest absolute Gasteiger partial charge is 0.496 e. The van der Waals surface area contributed by atoms with Gasteiger partial charge in [0, 0.05) is 17.6 Å². The molecule has 0 aromatic heterocycles. The summed E-state index contributed by atoms with van der Waals surface area (Å²) in [5.41, 5.74) is 0.687. The van der Waals surface area contributed by atoms with Gasteiger partial charge in [-0.1, -0.05) is 12.1 Å². The highest BCUT2D eigenvalue weighted by molar-refractivity contribution is 9.10. The van der Waals surface area contributed by atoms with Crippen molar-refractivity contribution in [1.82, 2.24) is 4.90 Å². The van der Waals surface area contributed by atoms with Crippen LogP contribution in [-0.2, 0) is 10.0 Å². The van der Waals surface area contributed by atoms with Crippen LogP contribution < -0.4 is 9.46 Å². The van der Waals surface area contributed by atoms with Crippen LogP contribution in [0.15, 0.2) is 51.8 Å². The maximum atomic E-state index is 12.9. The second-order valence-corrected chi connectivity index (χ2v) is 8.84. The van der Waals surface area contributed by atoms with E-state index in [-0.39, 0.29) is 16.4 Å². The van der Waals surface area contributed by atoms with Crippen LogP contribution in [0.25, 0.3) is 0 Å². The van der Waals surface area contributed by atoms with Gasteiger partial charge in [-0.25, -0.2) is 8.42 Å². The Balaban J connectivity index is 1.94. The van der Waals surface area contributed by atoms with Crippen molar-refractivity contribution in [3.05, 3.63) is 52.5 Å². The number of benzene rings is 2. The summed E-state index contributed by atoms with van der Waals surface area (Å²) in [7, 11) is -2.39. The van der Waals surface area contributed by atoms with E-state index in [0.717, 1.165) is 19.3 Å². The van der Waals surface area contributed by atoms with Gasteiger partial charge in [-0.3, -0.25) is 9.52 Å². The number of carbonyl (C=O) groups excluding carboxylic acids is 1. The van der Waals surface area contributed by atoms with Gasteiger partial charge in [-0.15, -0.1) is 0 Å². The first-order valence-corrected chi connectivity index (χ1v) is 10.9. The average molecular weight is 453 g/mol. The van der Waals surface area contributed by atoms with Gasteiger partial charge in [0.15, 0.2) is 0 Å². The van der Waals surface area contributed by atoms with Crippen LogP contribution in [0.1, 0.15) is 29.6 Å². The Hall–Kier alpha value is -2.06. The molecule has 0 atom stereocenters. The van der Waals surface area contributed by atoms with Crippen molar-refractivity contribution in [1.29, 1.82) is 0 Å². The average Bonchev–Trinajstić information content (AvgIpc) is 2.69. The van der Waals surface area contributed by atoms with Crippen LogP contribution in [-0.4, -0.2) is 39.4 Å². The number of hydrogen-bond acceptors (Lipinski definition) is 4. The third kappa shape index (κ3) is 4.44. The zero-order chi connectivity index (χ0) is 19.4. The first-order valence-electron chi connectivity index (χ1n) is 8.67. The van der Waals surface area contributed by atoms with E-state index in [0.29, 0.717) is 29.0 Å². The van der Waals surface area contributed by atoms with Crippen LogP contribution in [0.5, 0.6) is 5.75 Å². The molecule has 3 rings (SSSR count). The van der Waals surface area contributed by atoms with Crippen molar-refractivity contribution in [3.63, 3.8) is 0 Å². The molecule has 27 heavy (non-hydrogen) atoms. The highest BCUT2D eigenvalue weighted by Crippen LogP contribution is 2.28. The smallest absolute Gasteiger partial charge is 0.261 e. The second-order valence-electron chi connectivity index (χ2n) is 6.30. The Morgan fingerprint density at radius 3 is 2.48 bits per heavy atom. The minimum Gasteiger partial charge on any atom is -0.496 e. The monoisotopic (exact) mass is 452 g/mol. The zero-order valence-electron chi connectivity index (χ0n) is 14.9. The summed E-state index contributed by atoms with van der Waals surface area (Å²) >= 11 is 3.33. The fourth-order valence-corrected chi connectivity index (χ4v) is 4.66. The molecule has 0 unspecified atom stereocenters. The number of rotatable bonds is 5. The molecular formula is C19H21BrN2O4S. The number of hydrogen-bond donors (Lipinski definition) is 1. The van der Waals surface area contributed by atoms with Crippen molar-refractivity contribution < 1.29 is 17.9 Å². The highest BCUT2D eigenvalue weighted by atomic mass is 79.9. The van der Waals surface area contributed by atoms with Crippen LogP contribution in [0, 0.1) is 0 Å². The second kappa shape index (κ2) is 8.31. The molecule has 1 fully saturated rings. The van der Waals surface area contributed by atoms with Crippen LogP contribution in [0.2, 0.25) is 0 Å². The Bertz CT molecular complexity index is 940. The molecule has 8 heteroatoms. The predicted octanol–water partition coefficient (Wildman–Crippen LogP) is 3.88. The number of piperidine rings is 1. The van der Waals surface area contributed by atoms with Gasteiger partial charge in [0.25, 0.3) is 15.9 Å². The van der Waals surface area contributed by atoms with E-state index in [1.165, 1.54) is 25.3 Å². The van der Waals surface area contributed by atoms with Crippen molar-refractivity contribution in [2.45, 2.75) is 24.2 Å². The number of anilines is 1. The van der Waals surface area contributed by atoms with Crippen molar-refractivity contribution in [2.24, 2.45) is 0 Å². The number of ether oxygens (including phenoxy) is 1. The van der Waals surface area contributed by atoms with Gasteiger partial charge >= 0.3 is 0 Å². The van der Waals surface area contributed by atoms with Crippen molar-refractivity contribution in [3.8, 4) is 5.75 Å². The third-order valence-corrected chi connectivity index (χ3v) is 6.53. The lowest BCUT2D eigenvalue weighted by molar-refractivity contribution is 0.0720. The lowest BCUT2D eigenvalue weighted by Gasteiger charge is -2.27. The van der Waals surface area contributed by atoms with E-state index in [9.17, 15) is 13.2 Å². The number of nitrogens with zero attached hydrogens (tertiary/aromatic N) is 1. The van der Waals surface area contributed by atoms with E-state index in [1.807, 2.05) is 0 Å². The summed E-state index contributed by atoms with van der Waals surface area (Å²) in [6.07, 6.45) is 3.01. The Morgan fingerprint density at radius 1 is 1.11 bits per heavy atom. The Morgan fingerprint density at radius 2 is 1.81 bits per heavy atom. The van der Waals surface area contributed by atoms with Crippen molar-refractivity contribution >= 4 is 37.5 Å². The first-order chi connectivity index (χ1) is 12.9. The fraction of sp³-hybridized carbons (Fsp3) is 0.316. The molecule has 0 saturated carbocycles. The molecule has 2 aromatic carbocycles. The maximum Gasteiger partial charge on any atom is 0.261 e. The molecule has 0 spiro atoms. The topological polar surface area (TPSA) is 75.7 Å². The molecule has 144 valence electrons. The number of para-hydroxylation sites is 1. The summed E-state index contributed by atoms with van der Waals surface area (Å²) in [6.45, 7) is 1.35. The van der Waals surface area contributed by atoms with Crippen molar-refractivity contribution in [2.75, 3.05) is 24.9 Å². The Labute approximate surface area is 167 Å². The van der Waals surface area contributed by atoms with Crippen LogP contribution in [0.3, 0.4) is 0 Å².